The minimum absolute atomic E-state index is 0.312. The predicted octanol–water partition coefficient (Wildman–Crippen LogP) is 3.77. The first kappa shape index (κ1) is 19.7. The average Bonchev–Trinajstić information content (AvgIpc) is 3.11. The van der Waals surface area contributed by atoms with Crippen LogP contribution < -0.4 is 19.6 Å². The lowest BCUT2D eigenvalue weighted by Gasteiger charge is -2.16. The molecule has 6 nitrogen and oxygen atoms in total. The van der Waals surface area contributed by atoms with Gasteiger partial charge in [-0.05, 0) is 44.0 Å². The fourth-order valence-electron chi connectivity index (χ4n) is 3.20. The molecule has 0 atom stereocenters. The molecule has 1 amide bonds. The van der Waals surface area contributed by atoms with Gasteiger partial charge in [-0.2, -0.15) is 5.10 Å². The van der Waals surface area contributed by atoms with Crippen molar-refractivity contribution < 1.29 is 19.0 Å². The Kier molecular flexibility index (Phi) is 6.53. The molecule has 3 rings (SSSR count). The molecule has 0 aliphatic heterocycles. The number of ether oxygens (including phenoxy) is 3. The Bertz CT molecular complexity index is 823. The van der Waals surface area contributed by atoms with Crippen molar-refractivity contribution >= 4 is 11.6 Å². The van der Waals surface area contributed by atoms with Gasteiger partial charge in [0.15, 0.2) is 11.5 Å². The number of carbonyl (C=O) groups excluding carboxylic acids is 1. The Labute approximate surface area is 165 Å². The van der Waals surface area contributed by atoms with Gasteiger partial charge in [-0.25, -0.2) is 5.43 Å². The molecule has 0 spiro atoms. The van der Waals surface area contributed by atoms with E-state index < -0.39 is 0 Å². The van der Waals surface area contributed by atoms with Crippen molar-refractivity contribution in [3.8, 4) is 17.2 Å². The zero-order valence-corrected chi connectivity index (χ0v) is 16.6. The van der Waals surface area contributed by atoms with E-state index in [1.54, 1.807) is 12.1 Å². The maximum Gasteiger partial charge on any atom is 0.271 e. The smallest absolute Gasteiger partial charge is 0.271 e. The lowest BCUT2D eigenvalue weighted by molar-refractivity contribution is 0.0953. The summed E-state index contributed by atoms with van der Waals surface area (Å²) in [5.41, 5.74) is 6.53. The molecule has 0 radical (unpaired) electrons. The predicted molar refractivity (Wildman–Crippen MR) is 109 cm³/mol. The first-order valence-corrected chi connectivity index (χ1v) is 9.65. The van der Waals surface area contributed by atoms with Crippen molar-refractivity contribution in [1.82, 2.24) is 5.43 Å². The van der Waals surface area contributed by atoms with Gasteiger partial charge in [0.05, 0.1) is 19.8 Å². The summed E-state index contributed by atoms with van der Waals surface area (Å²) >= 11 is 0. The van der Waals surface area contributed by atoms with Gasteiger partial charge in [-0.1, -0.05) is 24.3 Å². The zero-order chi connectivity index (χ0) is 19.9. The molecule has 1 aliphatic carbocycles. The van der Waals surface area contributed by atoms with Gasteiger partial charge in [0.25, 0.3) is 5.91 Å². The van der Waals surface area contributed by atoms with Crippen LogP contribution in [0.15, 0.2) is 41.5 Å². The van der Waals surface area contributed by atoms with Crippen LogP contribution in [0.5, 0.6) is 17.2 Å². The van der Waals surface area contributed by atoms with E-state index in [0.29, 0.717) is 42.6 Å². The number of nitrogens with zero attached hydrogens (tertiary/aromatic N) is 1. The molecule has 0 fully saturated rings. The monoisotopic (exact) mass is 382 g/mol. The molecular weight excluding hydrogens is 356 g/mol. The van der Waals surface area contributed by atoms with Crippen molar-refractivity contribution in [3.63, 3.8) is 0 Å². The Morgan fingerprint density at radius 2 is 1.46 bits per heavy atom. The quantitative estimate of drug-likeness (QED) is 0.706. The van der Waals surface area contributed by atoms with E-state index in [1.807, 2.05) is 32.9 Å². The molecule has 0 bridgehead atoms. The largest absolute Gasteiger partial charge is 0.490 e. The van der Waals surface area contributed by atoms with E-state index in [9.17, 15) is 4.79 Å². The van der Waals surface area contributed by atoms with Gasteiger partial charge < -0.3 is 14.2 Å². The lowest BCUT2D eigenvalue weighted by Crippen LogP contribution is -2.20. The highest BCUT2D eigenvalue weighted by molar-refractivity contribution is 5.98. The van der Waals surface area contributed by atoms with Gasteiger partial charge in [0, 0.05) is 24.1 Å². The van der Waals surface area contributed by atoms with Crippen LogP contribution in [0.4, 0.5) is 0 Å². The highest BCUT2D eigenvalue weighted by atomic mass is 16.5. The average molecular weight is 382 g/mol. The van der Waals surface area contributed by atoms with Gasteiger partial charge in [0.2, 0.25) is 5.75 Å². The number of hydrogen-bond donors (Lipinski definition) is 1. The van der Waals surface area contributed by atoms with Crippen molar-refractivity contribution in [2.45, 2.75) is 33.6 Å². The van der Waals surface area contributed by atoms with E-state index in [4.69, 9.17) is 14.2 Å². The molecule has 1 aliphatic rings. The van der Waals surface area contributed by atoms with E-state index >= 15 is 0 Å². The van der Waals surface area contributed by atoms with Crippen molar-refractivity contribution in [3.05, 3.63) is 53.1 Å². The van der Waals surface area contributed by atoms with Crippen molar-refractivity contribution in [2.24, 2.45) is 5.10 Å². The number of amides is 1. The molecule has 0 saturated heterocycles. The second kappa shape index (κ2) is 9.26. The normalized spacial score (nSPS) is 12.3. The molecule has 2 aromatic carbocycles. The number of hydrazone groups is 1. The summed E-state index contributed by atoms with van der Waals surface area (Å²) < 4.78 is 17.0. The van der Waals surface area contributed by atoms with Crippen molar-refractivity contribution in [1.29, 1.82) is 0 Å². The second-order valence-electron chi connectivity index (χ2n) is 6.34. The van der Waals surface area contributed by atoms with E-state index in [1.165, 1.54) is 11.1 Å². The Morgan fingerprint density at radius 1 is 0.929 bits per heavy atom. The third-order valence-electron chi connectivity index (χ3n) is 4.39. The van der Waals surface area contributed by atoms with Gasteiger partial charge >= 0.3 is 0 Å². The number of carbonyl (C=O) groups is 1. The van der Waals surface area contributed by atoms with Gasteiger partial charge in [0.1, 0.15) is 0 Å². The Hall–Kier alpha value is -3.02. The van der Waals surface area contributed by atoms with Crippen molar-refractivity contribution in [2.75, 3.05) is 19.8 Å². The summed E-state index contributed by atoms with van der Waals surface area (Å²) in [6, 6.07) is 11.5. The van der Waals surface area contributed by atoms with Crippen LogP contribution in [0.3, 0.4) is 0 Å². The molecule has 28 heavy (non-hydrogen) atoms. The van der Waals surface area contributed by atoms with E-state index in [-0.39, 0.29) is 5.91 Å². The summed E-state index contributed by atoms with van der Waals surface area (Å²) in [4.78, 5) is 12.7. The minimum atomic E-state index is -0.312. The van der Waals surface area contributed by atoms with Crippen LogP contribution >= 0.6 is 0 Å². The molecule has 148 valence electrons. The zero-order valence-electron chi connectivity index (χ0n) is 16.6. The molecule has 6 heteroatoms. The van der Waals surface area contributed by atoms with E-state index in [0.717, 1.165) is 18.6 Å². The van der Waals surface area contributed by atoms with Crippen LogP contribution in [0.1, 0.15) is 42.3 Å². The molecule has 1 N–H and O–H groups in total. The third-order valence-corrected chi connectivity index (χ3v) is 4.39. The number of nitrogens with one attached hydrogen (secondary N) is 1. The lowest BCUT2D eigenvalue weighted by atomic mass is 10.1. The highest BCUT2D eigenvalue weighted by Gasteiger charge is 2.19. The number of hydrogen-bond acceptors (Lipinski definition) is 5. The van der Waals surface area contributed by atoms with E-state index in [2.05, 4.69) is 22.7 Å². The number of rotatable bonds is 8. The molecule has 2 aromatic rings. The van der Waals surface area contributed by atoms with Crippen LogP contribution in [0, 0.1) is 0 Å². The summed E-state index contributed by atoms with van der Waals surface area (Å²) in [6.45, 7) is 7.04. The maximum absolute atomic E-state index is 12.7. The third kappa shape index (κ3) is 4.44. The van der Waals surface area contributed by atoms with Gasteiger partial charge in [-0.3, -0.25) is 4.79 Å². The number of fused-ring (bicyclic) bond motifs is 1. The summed E-state index contributed by atoms with van der Waals surface area (Å²) in [7, 11) is 0. The highest BCUT2D eigenvalue weighted by Crippen LogP contribution is 2.39. The second-order valence-corrected chi connectivity index (χ2v) is 6.34. The minimum Gasteiger partial charge on any atom is -0.490 e. The summed E-state index contributed by atoms with van der Waals surface area (Å²) in [6.07, 6.45) is 1.52. The first-order valence-electron chi connectivity index (χ1n) is 9.65. The fourth-order valence-corrected chi connectivity index (χ4v) is 3.20. The molecule has 0 saturated carbocycles. The first-order chi connectivity index (χ1) is 13.7. The van der Waals surface area contributed by atoms with Gasteiger partial charge in [-0.15, -0.1) is 0 Å². The molecule has 0 unspecified atom stereocenters. The summed E-state index contributed by atoms with van der Waals surface area (Å²) in [5, 5.41) is 4.33. The van der Waals surface area contributed by atoms with Crippen LogP contribution in [0.25, 0.3) is 0 Å². The Morgan fingerprint density at radius 3 is 1.96 bits per heavy atom. The fraction of sp³-hybridized carbons (Fsp3) is 0.364. The molecule has 0 heterocycles. The molecule has 0 aromatic heterocycles. The topological polar surface area (TPSA) is 69.2 Å². The standard InChI is InChI=1S/C22H26N2O4/c1-4-26-19-13-17(14-20(27-5-2)21(19)28-6-3)22(25)24-23-18-11-15-9-7-8-10-16(15)12-18/h7-10,13-14H,4-6,11-12H2,1-3H3,(H,24,25). The Balaban J connectivity index is 1.80. The molecular formula is C22H26N2O4. The van der Waals surface area contributed by atoms with Crippen LogP contribution in [-0.4, -0.2) is 31.4 Å². The maximum atomic E-state index is 12.7. The number of benzene rings is 2. The summed E-state index contributed by atoms with van der Waals surface area (Å²) in [5.74, 6) is 1.18. The van der Waals surface area contributed by atoms with Crippen LogP contribution in [0.2, 0.25) is 0 Å². The SMILES string of the molecule is CCOc1cc(C(=O)NN=C2Cc3ccccc3C2)cc(OCC)c1OCC. The van der Waals surface area contributed by atoms with Crippen LogP contribution in [-0.2, 0) is 12.8 Å².